The zero-order valence-corrected chi connectivity index (χ0v) is 19.9. The number of halogens is 1. The van der Waals surface area contributed by atoms with Gasteiger partial charge in [-0.25, -0.2) is 4.39 Å². The molecular weight excluding hydrogens is 463 g/mol. The molecule has 7 nitrogen and oxygen atoms in total. The predicted octanol–water partition coefficient (Wildman–Crippen LogP) is 4.51. The van der Waals surface area contributed by atoms with Crippen LogP contribution in [0, 0.1) is 5.82 Å². The number of hydrogen-bond acceptors (Lipinski definition) is 6. The van der Waals surface area contributed by atoms with Gasteiger partial charge in [0.05, 0.1) is 24.5 Å². The van der Waals surface area contributed by atoms with Crippen LogP contribution in [-0.4, -0.2) is 52.8 Å². The molecule has 8 heteroatoms. The van der Waals surface area contributed by atoms with E-state index in [1.165, 1.54) is 36.0 Å². The molecule has 2 aliphatic heterocycles. The highest BCUT2D eigenvalue weighted by molar-refractivity contribution is 6.46. The molecule has 1 atom stereocenters. The maximum Gasteiger partial charge on any atom is 0.296 e. The Morgan fingerprint density at radius 3 is 2.50 bits per heavy atom. The minimum Gasteiger partial charge on any atom is -0.507 e. The molecule has 1 amide bonds. The Bertz CT molecular complexity index is 1280. The summed E-state index contributed by atoms with van der Waals surface area (Å²) in [6.45, 7) is 2.32. The molecule has 3 heterocycles. The second-order valence-electron chi connectivity index (χ2n) is 9.06. The summed E-state index contributed by atoms with van der Waals surface area (Å²) in [5, 5.41) is 11.2. The van der Waals surface area contributed by atoms with Crippen LogP contribution in [0.1, 0.15) is 35.8 Å². The highest BCUT2D eigenvalue weighted by Gasteiger charge is 2.50. The van der Waals surface area contributed by atoms with E-state index in [1.807, 2.05) is 18.2 Å². The van der Waals surface area contributed by atoms with E-state index in [2.05, 4.69) is 17.0 Å². The van der Waals surface area contributed by atoms with E-state index in [9.17, 15) is 19.1 Å². The van der Waals surface area contributed by atoms with E-state index in [1.54, 1.807) is 12.1 Å². The highest BCUT2D eigenvalue weighted by atomic mass is 19.1. The van der Waals surface area contributed by atoms with E-state index >= 15 is 0 Å². The largest absolute Gasteiger partial charge is 0.507 e. The number of ketones is 1. The minimum absolute atomic E-state index is 0.00439. The summed E-state index contributed by atoms with van der Waals surface area (Å²) in [6.07, 6.45) is 2.79. The van der Waals surface area contributed by atoms with Crippen molar-refractivity contribution in [2.45, 2.75) is 31.5 Å². The van der Waals surface area contributed by atoms with Crippen molar-refractivity contribution in [2.75, 3.05) is 20.2 Å². The van der Waals surface area contributed by atoms with Gasteiger partial charge in [0.1, 0.15) is 29.1 Å². The number of amides is 1. The van der Waals surface area contributed by atoms with Crippen LogP contribution in [0.2, 0.25) is 0 Å². The van der Waals surface area contributed by atoms with Gasteiger partial charge in [-0.15, -0.1) is 0 Å². The smallest absolute Gasteiger partial charge is 0.296 e. The lowest BCUT2D eigenvalue weighted by Crippen LogP contribution is -2.46. The number of methoxy groups -OCH3 is 1. The second-order valence-corrected chi connectivity index (χ2v) is 9.06. The number of furan rings is 1. The molecule has 1 aromatic heterocycles. The van der Waals surface area contributed by atoms with Crippen molar-refractivity contribution in [3.8, 4) is 5.75 Å². The van der Waals surface area contributed by atoms with Gasteiger partial charge < -0.3 is 19.2 Å². The third-order valence-corrected chi connectivity index (χ3v) is 6.91. The first-order valence-electron chi connectivity index (χ1n) is 11.9. The van der Waals surface area contributed by atoms with Gasteiger partial charge in [0.25, 0.3) is 11.7 Å². The summed E-state index contributed by atoms with van der Waals surface area (Å²) in [7, 11) is 1.38. The fourth-order valence-electron chi connectivity index (χ4n) is 5.16. The molecular formula is C28H27FN2O5. The number of carbonyl (C=O) groups is 2. The zero-order valence-electron chi connectivity index (χ0n) is 19.9. The van der Waals surface area contributed by atoms with Crippen LogP contribution in [0.15, 0.2) is 76.9 Å². The average Bonchev–Trinajstić information content (AvgIpc) is 3.52. The Morgan fingerprint density at radius 2 is 1.83 bits per heavy atom. The lowest BCUT2D eigenvalue weighted by molar-refractivity contribution is -0.142. The van der Waals surface area contributed by atoms with E-state index in [4.69, 9.17) is 9.15 Å². The molecule has 0 aliphatic carbocycles. The van der Waals surface area contributed by atoms with E-state index in [-0.39, 0.29) is 22.9 Å². The summed E-state index contributed by atoms with van der Waals surface area (Å²) in [5.41, 5.74) is 1.09. The SMILES string of the molecule is COc1ccc(F)cc1/C(O)=C1/C(=O)C(=O)N(C2CCN(Cc3ccccc3)CC2)C1c1ccco1. The van der Waals surface area contributed by atoms with Crippen LogP contribution in [0.3, 0.4) is 0 Å². The molecule has 2 aliphatic rings. The van der Waals surface area contributed by atoms with Gasteiger partial charge in [0, 0.05) is 25.7 Å². The Balaban J connectivity index is 1.47. The van der Waals surface area contributed by atoms with E-state index < -0.39 is 29.3 Å². The standard InChI is InChI=1S/C28H27FN2O5/c1-35-22-10-9-19(29)16-21(22)26(32)24-25(23-8-5-15-36-23)31(28(34)27(24)33)20-11-13-30(14-12-20)17-18-6-3-2-4-7-18/h2-10,15-16,20,25,32H,11-14,17H2,1H3/b26-24-. The van der Waals surface area contributed by atoms with Crippen LogP contribution in [0.4, 0.5) is 4.39 Å². The van der Waals surface area contributed by atoms with Gasteiger partial charge in [0.15, 0.2) is 0 Å². The molecule has 0 radical (unpaired) electrons. The molecule has 0 bridgehead atoms. The maximum absolute atomic E-state index is 14.1. The van der Waals surface area contributed by atoms with Crippen molar-refractivity contribution < 1.29 is 28.2 Å². The highest BCUT2D eigenvalue weighted by Crippen LogP contribution is 2.43. The molecule has 2 aromatic carbocycles. The quantitative estimate of drug-likeness (QED) is 0.311. The molecule has 0 saturated carbocycles. The fraction of sp³-hybridized carbons (Fsp3) is 0.286. The summed E-state index contributed by atoms with van der Waals surface area (Å²) in [4.78, 5) is 30.4. The average molecular weight is 491 g/mol. The van der Waals surface area contributed by atoms with Crippen molar-refractivity contribution >= 4 is 17.4 Å². The number of piperidine rings is 1. The van der Waals surface area contributed by atoms with Gasteiger partial charge in [-0.1, -0.05) is 30.3 Å². The van der Waals surface area contributed by atoms with Gasteiger partial charge in [-0.05, 0) is 48.7 Å². The number of likely N-dealkylation sites (tertiary alicyclic amines) is 2. The molecule has 2 saturated heterocycles. The number of hydrogen-bond donors (Lipinski definition) is 1. The normalized spacial score (nSPS) is 20.7. The summed E-state index contributed by atoms with van der Waals surface area (Å²) < 4.78 is 25.0. The lowest BCUT2D eigenvalue weighted by atomic mass is 9.96. The van der Waals surface area contributed by atoms with Crippen LogP contribution in [-0.2, 0) is 16.1 Å². The number of carbonyl (C=O) groups excluding carboxylic acids is 2. The first-order valence-corrected chi connectivity index (χ1v) is 11.9. The van der Waals surface area contributed by atoms with Crippen molar-refractivity contribution in [3.63, 3.8) is 0 Å². The number of nitrogens with zero attached hydrogens (tertiary/aromatic N) is 2. The number of rotatable bonds is 6. The predicted molar refractivity (Wildman–Crippen MR) is 131 cm³/mol. The van der Waals surface area contributed by atoms with E-state index in [0.29, 0.717) is 18.6 Å². The molecule has 36 heavy (non-hydrogen) atoms. The van der Waals surface area contributed by atoms with E-state index in [0.717, 1.165) is 25.7 Å². The van der Waals surface area contributed by atoms with Gasteiger partial charge in [-0.2, -0.15) is 0 Å². The minimum atomic E-state index is -0.918. The number of benzene rings is 2. The molecule has 1 unspecified atom stereocenters. The topological polar surface area (TPSA) is 83.2 Å². The van der Waals surface area contributed by atoms with Crippen LogP contribution in [0.5, 0.6) is 5.75 Å². The fourth-order valence-corrected chi connectivity index (χ4v) is 5.16. The zero-order chi connectivity index (χ0) is 25.2. The summed E-state index contributed by atoms with van der Waals surface area (Å²) >= 11 is 0. The number of Topliss-reactive ketones (excluding diaryl/α,β-unsaturated/α-hetero) is 1. The number of ether oxygens (including phenoxy) is 1. The lowest BCUT2D eigenvalue weighted by Gasteiger charge is -2.38. The maximum atomic E-state index is 14.1. The Hall–Kier alpha value is -3.91. The van der Waals surface area contributed by atoms with Crippen molar-refractivity contribution in [3.05, 3.63) is 95.2 Å². The van der Waals surface area contributed by atoms with Crippen LogP contribution >= 0.6 is 0 Å². The van der Waals surface area contributed by atoms with Gasteiger partial charge in [0.2, 0.25) is 0 Å². The summed E-state index contributed by atoms with van der Waals surface area (Å²) in [6, 6.07) is 16.0. The Kier molecular flexibility index (Phi) is 6.61. The molecule has 2 fully saturated rings. The molecule has 3 aromatic rings. The van der Waals surface area contributed by atoms with Crippen molar-refractivity contribution in [1.29, 1.82) is 0 Å². The first-order chi connectivity index (χ1) is 17.5. The van der Waals surface area contributed by atoms with Crippen molar-refractivity contribution in [1.82, 2.24) is 9.80 Å². The third kappa shape index (κ3) is 4.40. The number of aliphatic hydroxyl groups excluding tert-OH is 1. The Morgan fingerprint density at radius 1 is 1.08 bits per heavy atom. The van der Waals surface area contributed by atoms with Crippen LogP contribution in [0.25, 0.3) is 5.76 Å². The summed E-state index contributed by atoms with van der Waals surface area (Å²) in [5.74, 6) is -2.07. The molecule has 186 valence electrons. The monoisotopic (exact) mass is 490 g/mol. The molecule has 1 N–H and O–H groups in total. The second kappa shape index (κ2) is 9.99. The van der Waals surface area contributed by atoms with Gasteiger partial charge >= 0.3 is 0 Å². The number of aliphatic hydroxyl groups is 1. The van der Waals surface area contributed by atoms with Crippen LogP contribution < -0.4 is 4.74 Å². The molecule has 0 spiro atoms. The third-order valence-electron chi connectivity index (χ3n) is 6.91. The van der Waals surface area contributed by atoms with Crippen molar-refractivity contribution in [2.24, 2.45) is 0 Å². The Labute approximate surface area is 208 Å². The molecule has 5 rings (SSSR count). The van der Waals surface area contributed by atoms with Gasteiger partial charge in [-0.3, -0.25) is 14.5 Å². The first kappa shape index (κ1) is 23.8.